The van der Waals surface area contributed by atoms with E-state index >= 15 is 0 Å². The number of rotatable bonds is 6. The van der Waals surface area contributed by atoms with E-state index in [4.69, 9.17) is 0 Å². The summed E-state index contributed by atoms with van der Waals surface area (Å²) in [6, 6.07) is 3.90. The molecular formula is C20H27F2N5S. The first-order chi connectivity index (χ1) is 13.5. The molecule has 1 saturated heterocycles. The Morgan fingerprint density at radius 1 is 1.36 bits per heavy atom. The van der Waals surface area contributed by atoms with Gasteiger partial charge in [0.2, 0.25) is 0 Å². The van der Waals surface area contributed by atoms with Crippen molar-refractivity contribution < 1.29 is 8.78 Å². The number of aryl methyl sites for hydroxylation is 2. The summed E-state index contributed by atoms with van der Waals surface area (Å²) in [4.78, 5) is 12.4. The molecule has 1 aliphatic heterocycles. The Morgan fingerprint density at radius 3 is 2.86 bits per heavy atom. The van der Waals surface area contributed by atoms with E-state index in [-0.39, 0.29) is 6.04 Å². The zero-order chi connectivity index (χ0) is 20.1. The number of nitrogens with zero attached hydrogens (tertiary/aromatic N) is 3. The molecule has 1 aromatic carbocycles. The first-order valence-corrected chi connectivity index (χ1v) is 10.5. The van der Waals surface area contributed by atoms with Gasteiger partial charge in [0.1, 0.15) is 11.6 Å². The fraction of sp³-hybridized carbons (Fsp3) is 0.500. The maximum Gasteiger partial charge on any atom is 0.191 e. The van der Waals surface area contributed by atoms with E-state index in [1.807, 2.05) is 25.7 Å². The van der Waals surface area contributed by atoms with Crippen LogP contribution in [0, 0.1) is 25.5 Å². The van der Waals surface area contributed by atoms with E-state index in [1.165, 1.54) is 17.0 Å². The fourth-order valence-corrected chi connectivity index (χ4v) is 4.35. The van der Waals surface area contributed by atoms with Crippen molar-refractivity contribution in [1.82, 2.24) is 15.6 Å². The van der Waals surface area contributed by atoms with Gasteiger partial charge in [-0.1, -0.05) is 0 Å². The maximum atomic E-state index is 14.0. The third kappa shape index (κ3) is 5.19. The van der Waals surface area contributed by atoms with Gasteiger partial charge in [0.05, 0.1) is 16.4 Å². The van der Waals surface area contributed by atoms with Crippen molar-refractivity contribution in [3.05, 3.63) is 45.4 Å². The van der Waals surface area contributed by atoms with Crippen LogP contribution in [0.2, 0.25) is 0 Å². The molecule has 152 valence electrons. The number of hydrogen-bond acceptors (Lipinski definition) is 4. The zero-order valence-corrected chi connectivity index (χ0v) is 17.4. The number of benzene rings is 1. The molecule has 3 rings (SSSR count). The minimum atomic E-state index is -0.553. The monoisotopic (exact) mass is 407 g/mol. The molecule has 1 aliphatic rings. The number of hydrogen-bond donors (Lipinski definition) is 2. The van der Waals surface area contributed by atoms with Gasteiger partial charge in [-0.3, -0.25) is 4.99 Å². The van der Waals surface area contributed by atoms with Crippen LogP contribution in [0.5, 0.6) is 0 Å². The molecule has 1 aromatic heterocycles. The summed E-state index contributed by atoms with van der Waals surface area (Å²) < 4.78 is 27.2. The van der Waals surface area contributed by atoms with Crippen LogP contribution in [0.15, 0.2) is 23.2 Å². The Bertz CT molecular complexity index is 836. The van der Waals surface area contributed by atoms with Crippen molar-refractivity contribution in [2.45, 2.75) is 39.7 Å². The summed E-state index contributed by atoms with van der Waals surface area (Å²) in [6.07, 6.45) is 1.74. The Labute approximate surface area is 168 Å². The molecular weight excluding hydrogens is 380 g/mol. The van der Waals surface area contributed by atoms with Gasteiger partial charge < -0.3 is 15.5 Å². The summed E-state index contributed by atoms with van der Waals surface area (Å²) in [6.45, 7) is 8.91. The Kier molecular flexibility index (Phi) is 6.83. The summed E-state index contributed by atoms with van der Waals surface area (Å²) in [7, 11) is 0. The van der Waals surface area contributed by atoms with Crippen LogP contribution in [0.3, 0.4) is 0 Å². The number of nitrogens with one attached hydrogen (secondary N) is 2. The van der Waals surface area contributed by atoms with Crippen molar-refractivity contribution in [3.8, 4) is 0 Å². The normalized spacial score (nSPS) is 17.2. The van der Waals surface area contributed by atoms with E-state index < -0.39 is 11.6 Å². The lowest BCUT2D eigenvalue weighted by molar-refractivity contribution is 0.580. The molecule has 0 amide bonds. The summed E-state index contributed by atoms with van der Waals surface area (Å²) in [5, 5.41) is 7.80. The van der Waals surface area contributed by atoms with Crippen LogP contribution in [0.1, 0.15) is 28.9 Å². The molecule has 0 spiro atoms. The maximum absolute atomic E-state index is 14.0. The summed E-state index contributed by atoms with van der Waals surface area (Å²) >= 11 is 1.72. The highest BCUT2D eigenvalue weighted by Gasteiger charge is 2.25. The molecule has 0 aliphatic carbocycles. The van der Waals surface area contributed by atoms with E-state index in [1.54, 1.807) is 11.3 Å². The second kappa shape index (κ2) is 9.32. The minimum Gasteiger partial charge on any atom is -0.367 e. The number of aromatic nitrogens is 1. The lowest BCUT2D eigenvalue weighted by Crippen LogP contribution is -2.44. The number of anilines is 1. The van der Waals surface area contributed by atoms with E-state index in [2.05, 4.69) is 20.6 Å². The second-order valence-electron chi connectivity index (χ2n) is 6.92. The van der Waals surface area contributed by atoms with Gasteiger partial charge >= 0.3 is 0 Å². The molecule has 1 unspecified atom stereocenters. The van der Waals surface area contributed by atoms with Crippen molar-refractivity contribution in [3.63, 3.8) is 0 Å². The van der Waals surface area contributed by atoms with Crippen molar-refractivity contribution >= 4 is 23.0 Å². The molecule has 1 fully saturated rings. The highest BCUT2D eigenvalue weighted by Crippen LogP contribution is 2.24. The first-order valence-electron chi connectivity index (χ1n) is 9.64. The molecule has 8 heteroatoms. The second-order valence-corrected chi connectivity index (χ2v) is 8.21. The third-order valence-corrected chi connectivity index (χ3v) is 5.86. The van der Waals surface area contributed by atoms with Crippen molar-refractivity contribution in [1.29, 1.82) is 0 Å². The number of aliphatic imine (C=N–C) groups is 1. The number of thiazole rings is 1. The minimum absolute atomic E-state index is 0.162. The average Bonchev–Trinajstić information content (AvgIpc) is 3.21. The standard InChI is InChI=1S/C20H27F2N5S/c1-4-23-20(24-9-7-19-13(2)25-14(3)28-19)26-16-8-10-27(12-16)18-6-5-15(21)11-17(18)22/h5-6,11,16H,4,7-10,12H2,1-3H3,(H2,23,24,26). The van der Waals surface area contributed by atoms with E-state index in [0.717, 1.165) is 48.7 Å². The molecule has 0 saturated carbocycles. The van der Waals surface area contributed by atoms with Crippen LogP contribution in [-0.4, -0.2) is 43.2 Å². The fourth-order valence-electron chi connectivity index (χ4n) is 3.42. The third-order valence-electron chi connectivity index (χ3n) is 4.73. The van der Waals surface area contributed by atoms with Gasteiger partial charge in [-0.05, 0) is 39.3 Å². The van der Waals surface area contributed by atoms with Crippen LogP contribution in [-0.2, 0) is 6.42 Å². The van der Waals surface area contributed by atoms with E-state index in [0.29, 0.717) is 18.8 Å². The predicted octanol–water partition coefficient (Wildman–Crippen LogP) is 3.41. The van der Waals surface area contributed by atoms with Crippen molar-refractivity contribution in [2.75, 3.05) is 31.1 Å². The number of halogens is 2. The van der Waals surface area contributed by atoms with Crippen LogP contribution in [0.25, 0.3) is 0 Å². The highest BCUT2D eigenvalue weighted by atomic mass is 32.1. The van der Waals surface area contributed by atoms with Gasteiger partial charge in [-0.2, -0.15) is 0 Å². The quantitative estimate of drug-likeness (QED) is 0.569. The smallest absolute Gasteiger partial charge is 0.191 e. The van der Waals surface area contributed by atoms with Gasteiger partial charge in [0, 0.05) is 49.6 Å². The van der Waals surface area contributed by atoms with Gasteiger partial charge in [-0.15, -0.1) is 11.3 Å². The Balaban J connectivity index is 1.57. The lowest BCUT2D eigenvalue weighted by atomic mass is 10.2. The highest BCUT2D eigenvalue weighted by molar-refractivity contribution is 7.11. The topological polar surface area (TPSA) is 52.6 Å². The Morgan fingerprint density at radius 2 is 2.18 bits per heavy atom. The van der Waals surface area contributed by atoms with Gasteiger partial charge in [0.25, 0.3) is 0 Å². The molecule has 5 nitrogen and oxygen atoms in total. The average molecular weight is 408 g/mol. The molecule has 0 bridgehead atoms. The lowest BCUT2D eigenvalue weighted by Gasteiger charge is -2.21. The molecule has 0 radical (unpaired) electrons. The first kappa shape index (κ1) is 20.5. The molecule has 1 atom stereocenters. The summed E-state index contributed by atoms with van der Waals surface area (Å²) in [5.41, 5.74) is 1.53. The zero-order valence-electron chi connectivity index (χ0n) is 16.6. The SMILES string of the molecule is CCNC(=NCCc1sc(C)nc1C)NC1CCN(c2ccc(F)cc2F)C1. The van der Waals surface area contributed by atoms with E-state index in [9.17, 15) is 8.78 Å². The van der Waals surface area contributed by atoms with Crippen LogP contribution >= 0.6 is 11.3 Å². The largest absolute Gasteiger partial charge is 0.367 e. The van der Waals surface area contributed by atoms with Gasteiger partial charge in [-0.25, -0.2) is 13.8 Å². The van der Waals surface area contributed by atoms with Gasteiger partial charge in [0.15, 0.2) is 5.96 Å². The van der Waals surface area contributed by atoms with Crippen LogP contribution < -0.4 is 15.5 Å². The Hall–Kier alpha value is -2.22. The predicted molar refractivity (Wildman–Crippen MR) is 111 cm³/mol. The number of guanidine groups is 1. The molecule has 28 heavy (non-hydrogen) atoms. The van der Waals surface area contributed by atoms with Crippen molar-refractivity contribution in [2.24, 2.45) is 4.99 Å². The molecule has 2 N–H and O–H groups in total. The molecule has 2 aromatic rings. The molecule has 2 heterocycles. The summed E-state index contributed by atoms with van der Waals surface area (Å²) in [5.74, 6) is -0.299. The van der Waals surface area contributed by atoms with Crippen LogP contribution in [0.4, 0.5) is 14.5 Å².